The Kier molecular flexibility index (Phi) is 5.62. The molecule has 3 rings (SSSR count). The molecule has 1 aliphatic rings. The molecular weight excluding hydrogens is 402 g/mol. The van der Waals surface area contributed by atoms with E-state index in [0.29, 0.717) is 17.4 Å². The van der Waals surface area contributed by atoms with E-state index in [9.17, 15) is 4.79 Å². The van der Waals surface area contributed by atoms with Crippen molar-refractivity contribution in [3.8, 4) is 5.75 Å². The van der Waals surface area contributed by atoms with Gasteiger partial charge in [-0.15, -0.1) is 0 Å². The molecule has 0 saturated carbocycles. The minimum Gasteiger partial charge on any atom is -0.483 e. The number of hydrogen-bond acceptors (Lipinski definition) is 3. The lowest BCUT2D eigenvalue weighted by Crippen LogP contribution is -2.40. The zero-order chi connectivity index (χ0) is 21.6. The first-order chi connectivity index (χ1) is 13.3. The fraction of sp³-hybridized carbons (Fsp3) is 0.435. The Morgan fingerprint density at radius 3 is 2.48 bits per heavy atom. The predicted molar refractivity (Wildman–Crippen MR) is 122 cm³/mol. The Labute approximate surface area is 179 Å². The third kappa shape index (κ3) is 4.68. The number of rotatable bonds is 4. The van der Waals surface area contributed by atoms with Crippen LogP contribution in [0.5, 0.6) is 5.75 Å². The molecule has 29 heavy (non-hydrogen) atoms. The highest BCUT2D eigenvalue weighted by Gasteiger charge is 2.37. The maximum absolute atomic E-state index is 13.0. The Morgan fingerprint density at radius 1 is 1.17 bits per heavy atom. The first-order valence-electron chi connectivity index (χ1n) is 9.87. The van der Waals surface area contributed by atoms with E-state index in [4.69, 9.17) is 20.8 Å². The van der Waals surface area contributed by atoms with E-state index < -0.39 is 13.9 Å². The molecule has 2 aromatic rings. The number of ether oxygens (including phenoxy) is 1. The van der Waals surface area contributed by atoms with Crippen LogP contribution < -0.4 is 10.3 Å². The fourth-order valence-electron chi connectivity index (χ4n) is 3.00. The molecule has 0 spiro atoms. The molecule has 6 heteroatoms. The molecule has 1 aliphatic heterocycles. The smallest absolute Gasteiger partial charge is 0.255 e. The summed E-state index contributed by atoms with van der Waals surface area (Å²) in [7, 11) is -1.88. The summed E-state index contributed by atoms with van der Waals surface area (Å²) in [6.07, 6.45) is 3.77. The molecule has 1 aromatic carbocycles. The van der Waals surface area contributed by atoms with Crippen LogP contribution in [0.15, 0.2) is 47.4 Å². The standard InChI is InChI=1S/C23H30ClNO3Si/c1-22(2,3)29(6,7)27-15-16-10-11-25(21(26)12-16)19-14-23(4,5)28-20-9-8-17(24)13-18(19)20/h8-14H,15H2,1-7H3. The average Bonchev–Trinajstić information content (AvgIpc) is 2.58. The summed E-state index contributed by atoms with van der Waals surface area (Å²) in [5.41, 5.74) is 1.84. The monoisotopic (exact) mass is 431 g/mol. The molecule has 0 atom stereocenters. The number of hydrogen-bond donors (Lipinski definition) is 0. The zero-order valence-electron chi connectivity index (χ0n) is 18.3. The second-order valence-electron chi connectivity index (χ2n) is 9.67. The molecule has 2 heterocycles. The minimum absolute atomic E-state index is 0.101. The summed E-state index contributed by atoms with van der Waals surface area (Å²) in [6.45, 7) is 15.4. The summed E-state index contributed by atoms with van der Waals surface area (Å²) < 4.78 is 13.9. The highest BCUT2D eigenvalue weighted by Crippen LogP contribution is 2.38. The van der Waals surface area contributed by atoms with E-state index >= 15 is 0 Å². The van der Waals surface area contributed by atoms with Crippen LogP contribution in [0, 0.1) is 0 Å². The molecule has 0 N–H and O–H groups in total. The van der Waals surface area contributed by atoms with E-state index in [1.807, 2.05) is 44.3 Å². The molecule has 156 valence electrons. The van der Waals surface area contributed by atoms with Crippen molar-refractivity contribution in [1.29, 1.82) is 0 Å². The van der Waals surface area contributed by atoms with Gasteiger partial charge < -0.3 is 9.16 Å². The number of nitrogens with zero attached hydrogens (tertiary/aromatic N) is 1. The first-order valence-corrected chi connectivity index (χ1v) is 13.2. The van der Waals surface area contributed by atoms with Gasteiger partial charge in [-0.1, -0.05) is 32.4 Å². The Bertz CT molecular complexity index is 1020. The van der Waals surface area contributed by atoms with Gasteiger partial charge >= 0.3 is 0 Å². The topological polar surface area (TPSA) is 40.5 Å². The van der Waals surface area contributed by atoms with E-state index in [1.165, 1.54) is 0 Å². The number of fused-ring (bicyclic) bond motifs is 1. The normalized spacial score (nSPS) is 16.1. The molecule has 0 fully saturated rings. The lowest BCUT2D eigenvalue weighted by atomic mass is 9.99. The van der Waals surface area contributed by atoms with Gasteiger partial charge in [0.25, 0.3) is 5.56 Å². The predicted octanol–water partition coefficient (Wildman–Crippen LogP) is 6.08. The molecular formula is C23H30ClNO3Si. The van der Waals surface area contributed by atoms with Crippen molar-refractivity contribution in [3.63, 3.8) is 0 Å². The minimum atomic E-state index is -1.88. The summed E-state index contributed by atoms with van der Waals surface area (Å²) in [4.78, 5) is 13.0. The van der Waals surface area contributed by atoms with Crippen LogP contribution in [0.2, 0.25) is 23.2 Å². The van der Waals surface area contributed by atoms with Gasteiger partial charge in [-0.25, -0.2) is 0 Å². The van der Waals surface area contributed by atoms with Crippen LogP contribution in [-0.4, -0.2) is 18.5 Å². The first kappa shape index (κ1) is 21.9. The van der Waals surface area contributed by atoms with Crippen molar-refractivity contribution in [2.24, 2.45) is 0 Å². The third-order valence-corrected chi connectivity index (χ3v) is 10.4. The zero-order valence-corrected chi connectivity index (χ0v) is 20.1. The number of benzene rings is 1. The van der Waals surface area contributed by atoms with Gasteiger partial charge in [-0.2, -0.15) is 0 Å². The van der Waals surface area contributed by atoms with Crippen LogP contribution in [0.3, 0.4) is 0 Å². The quantitative estimate of drug-likeness (QED) is 0.550. The Hall–Kier alpha value is -1.82. The van der Waals surface area contributed by atoms with Crippen LogP contribution >= 0.6 is 11.6 Å². The van der Waals surface area contributed by atoms with Gasteiger partial charge in [0.2, 0.25) is 0 Å². The highest BCUT2D eigenvalue weighted by atomic mass is 35.5. The fourth-order valence-corrected chi connectivity index (χ4v) is 4.13. The van der Waals surface area contributed by atoms with E-state index in [2.05, 4.69) is 33.9 Å². The van der Waals surface area contributed by atoms with Crippen LogP contribution in [-0.2, 0) is 11.0 Å². The maximum Gasteiger partial charge on any atom is 0.255 e. The van der Waals surface area contributed by atoms with Crippen molar-refractivity contribution >= 4 is 25.6 Å². The van der Waals surface area contributed by atoms with Gasteiger partial charge in [-0.3, -0.25) is 9.36 Å². The van der Waals surface area contributed by atoms with Crippen molar-refractivity contribution in [3.05, 3.63) is 69.1 Å². The van der Waals surface area contributed by atoms with Crippen molar-refractivity contribution < 1.29 is 9.16 Å². The van der Waals surface area contributed by atoms with Crippen molar-refractivity contribution in [2.75, 3.05) is 0 Å². The number of halogens is 1. The van der Waals surface area contributed by atoms with Crippen LogP contribution in [0.1, 0.15) is 45.7 Å². The van der Waals surface area contributed by atoms with E-state index in [1.54, 1.807) is 16.7 Å². The largest absolute Gasteiger partial charge is 0.483 e. The molecule has 0 aliphatic carbocycles. The molecule has 0 unspecified atom stereocenters. The molecule has 0 saturated heterocycles. The van der Waals surface area contributed by atoms with E-state index in [-0.39, 0.29) is 10.6 Å². The number of pyridine rings is 1. The number of aromatic nitrogens is 1. The summed E-state index contributed by atoms with van der Waals surface area (Å²) >= 11 is 6.20. The SMILES string of the molecule is CC1(C)C=C(n2ccc(CO[Si](C)(C)C(C)(C)C)cc2=O)c2cc(Cl)ccc2O1. The third-order valence-electron chi connectivity index (χ3n) is 5.72. The highest BCUT2D eigenvalue weighted by molar-refractivity contribution is 6.74. The lowest BCUT2D eigenvalue weighted by molar-refractivity contribution is 0.157. The molecule has 0 amide bonds. The van der Waals surface area contributed by atoms with Gasteiger partial charge in [0.15, 0.2) is 8.32 Å². The molecule has 1 aromatic heterocycles. The summed E-state index contributed by atoms with van der Waals surface area (Å²) in [5.74, 6) is 0.717. The molecule has 0 radical (unpaired) electrons. The van der Waals surface area contributed by atoms with Crippen molar-refractivity contribution in [1.82, 2.24) is 4.57 Å². The Balaban J connectivity index is 1.94. The second-order valence-corrected chi connectivity index (χ2v) is 14.9. The van der Waals surface area contributed by atoms with E-state index in [0.717, 1.165) is 16.8 Å². The summed E-state index contributed by atoms with van der Waals surface area (Å²) in [6, 6.07) is 9.07. The lowest BCUT2D eigenvalue weighted by Gasteiger charge is -2.36. The Morgan fingerprint density at radius 2 is 1.86 bits per heavy atom. The molecule has 4 nitrogen and oxygen atoms in total. The second kappa shape index (κ2) is 7.46. The van der Waals surface area contributed by atoms with Gasteiger partial charge in [-0.05, 0) is 67.9 Å². The maximum atomic E-state index is 13.0. The summed E-state index contributed by atoms with van der Waals surface area (Å²) in [5, 5.41) is 0.731. The van der Waals surface area contributed by atoms with Gasteiger partial charge in [0.1, 0.15) is 11.4 Å². The van der Waals surface area contributed by atoms with Crippen LogP contribution in [0.4, 0.5) is 0 Å². The van der Waals surface area contributed by atoms with Gasteiger partial charge in [0, 0.05) is 22.8 Å². The van der Waals surface area contributed by atoms with Gasteiger partial charge in [0.05, 0.1) is 12.3 Å². The van der Waals surface area contributed by atoms with Crippen molar-refractivity contribution in [2.45, 2.75) is 65.0 Å². The molecule has 0 bridgehead atoms. The van der Waals surface area contributed by atoms with Crippen LogP contribution in [0.25, 0.3) is 5.70 Å². The average molecular weight is 432 g/mol.